The third-order valence-electron chi connectivity index (χ3n) is 4.21. The summed E-state index contributed by atoms with van der Waals surface area (Å²) in [7, 11) is 0. The van der Waals surface area contributed by atoms with Crippen molar-refractivity contribution in [3.63, 3.8) is 0 Å². The molecule has 0 aromatic heterocycles. The molecular weight excluding hydrogens is 380 g/mol. The molecule has 142 valence electrons. The number of anilines is 1. The van der Waals surface area contributed by atoms with Crippen molar-refractivity contribution in [1.29, 1.82) is 0 Å². The molecule has 3 amide bonds. The molecule has 0 spiro atoms. The van der Waals surface area contributed by atoms with Crippen LogP contribution in [0.5, 0.6) is 11.5 Å². The normalized spacial score (nSPS) is 16.8. The molecule has 1 fully saturated rings. The minimum Gasteiger partial charge on any atom is -0.454 e. The molecule has 0 radical (unpaired) electrons. The second-order valence-electron chi connectivity index (χ2n) is 6.29. The predicted molar refractivity (Wildman–Crippen MR) is 105 cm³/mol. The second kappa shape index (κ2) is 7.40. The van der Waals surface area contributed by atoms with Crippen LogP contribution in [0.15, 0.2) is 47.4 Å². The van der Waals surface area contributed by atoms with Crippen LogP contribution in [0.2, 0.25) is 0 Å². The Kier molecular flexibility index (Phi) is 4.79. The molecule has 4 rings (SSSR count). The van der Waals surface area contributed by atoms with Crippen molar-refractivity contribution in [1.82, 2.24) is 4.90 Å². The summed E-state index contributed by atoms with van der Waals surface area (Å²) < 4.78 is 10.6. The van der Waals surface area contributed by atoms with Crippen LogP contribution in [-0.2, 0) is 9.59 Å². The molecule has 7 nitrogen and oxygen atoms in total. The van der Waals surface area contributed by atoms with E-state index in [-0.39, 0.29) is 18.2 Å². The average Bonchev–Trinajstić information content (AvgIpc) is 3.23. The molecule has 2 aliphatic rings. The van der Waals surface area contributed by atoms with Gasteiger partial charge >= 0.3 is 0 Å². The topological polar surface area (TPSA) is 84.9 Å². The molecule has 0 bridgehead atoms. The molecule has 2 aliphatic heterocycles. The second-order valence-corrected chi connectivity index (χ2v) is 7.29. The first kappa shape index (κ1) is 18.1. The summed E-state index contributed by atoms with van der Waals surface area (Å²) in [4.78, 5) is 38.2. The van der Waals surface area contributed by atoms with Gasteiger partial charge in [0.05, 0.1) is 4.91 Å². The Morgan fingerprint density at radius 1 is 1.14 bits per heavy atom. The molecule has 28 heavy (non-hydrogen) atoms. The van der Waals surface area contributed by atoms with E-state index in [1.165, 1.54) is 0 Å². The standard InChI is InChI=1S/C20H16N2O5S/c1-12-2-5-14(6-3-12)21-18(23)10-22-19(24)17(28-20(22)25)9-13-4-7-15-16(8-13)27-11-26-15/h2-9H,10-11H2,1H3,(H,21,23)/b17-9+. The Hall–Kier alpha value is -3.26. The van der Waals surface area contributed by atoms with Crippen LogP contribution in [-0.4, -0.2) is 35.3 Å². The van der Waals surface area contributed by atoms with Crippen molar-refractivity contribution in [2.45, 2.75) is 6.92 Å². The molecule has 2 heterocycles. The van der Waals surface area contributed by atoms with E-state index < -0.39 is 17.1 Å². The van der Waals surface area contributed by atoms with E-state index in [9.17, 15) is 14.4 Å². The Labute approximate surface area is 165 Å². The lowest BCUT2D eigenvalue weighted by Gasteiger charge is -2.12. The van der Waals surface area contributed by atoms with Crippen molar-refractivity contribution in [3.05, 3.63) is 58.5 Å². The number of rotatable bonds is 4. The van der Waals surface area contributed by atoms with Crippen molar-refractivity contribution >= 4 is 40.6 Å². The fourth-order valence-corrected chi connectivity index (χ4v) is 3.61. The lowest BCUT2D eigenvalue weighted by molar-refractivity contribution is -0.127. The summed E-state index contributed by atoms with van der Waals surface area (Å²) in [6, 6.07) is 12.5. The predicted octanol–water partition coefficient (Wildman–Crippen LogP) is 3.40. The van der Waals surface area contributed by atoms with E-state index in [1.54, 1.807) is 36.4 Å². The minimum absolute atomic E-state index is 0.158. The number of nitrogens with zero attached hydrogens (tertiary/aromatic N) is 1. The zero-order chi connectivity index (χ0) is 19.7. The molecule has 2 aromatic carbocycles. The largest absolute Gasteiger partial charge is 0.454 e. The van der Waals surface area contributed by atoms with Gasteiger partial charge in [0.15, 0.2) is 11.5 Å². The van der Waals surface area contributed by atoms with Gasteiger partial charge in [-0.2, -0.15) is 0 Å². The maximum atomic E-state index is 12.6. The Morgan fingerprint density at radius 2 is 1.89 bits per heavy atom. The number of carbonyl (C=O) groups excluding carboxylic acids is 3. The Bertz CT molecular complexity index is 1000. The summed E-state index contributed by atoms with van der Waals surface area (Å²) in [5.41, 5.74) is 2.38. The summed E-state index contributed by atoms with van der Waals surface area (Å²) in [5.74, 6) is 0.297. The number of hydrogen-bond donors (Lipinski definition) is 1. The number of fused-ring (bicyclic) bond motifs is 1. The van der Waals surface area contributed by atoms with Crippen LogP contribution >= 0.6 is 11.8 Å². The van der Waals surface area contributed by atoms with Gasteiger partial charge < -0.3 is 14.8 Å². The zero-order valence-electron chi connectivity index (χ0n) is 14.9. The van der Waals surface area contributed by atoms with Crippen molar-refractivity contribution < 1.29 is 23.9 Å². The fraction of sp³-hybridized carbons (Fsp3) is 0.150. The maximum absolute atomic E-state index is 12.6. The minimum atomic E-state index is -0.494. The van der Waals surface area contributed by atoms with Gasteiger partial charge in [0.1, 0.15) is 6.54 Å². The quantitative estimate of drug-likeness (QED) is 0.798. The van der Waals surface area contributed by atoms with Gasteiger partial charge in [-0.25, -0.2) is 0 Å². The van der Waals surface area contributed by atoms with E-state index in [4.69, 9.17) is 9.47 Å². The maximum Gasteiger partial charge on any atom is 0.294 e. The van der Waals surface area contributed by atoms with Gasteiger partial charge in [-0.15, -0.1) is 0 Å². The number of hydrogen-bond acceptors (Lipinski definition) is 6. The third-order valence-corrected chi connectivity index (χ3v) is 5.11. The summed E-state index contributed by atoms with van der Waals surface area (Å²) in [6.45, 7) is 1.76. The molecule has 0 atom stereocenters. The van der Waals surface area contributed by atoms with Crippen molar-refractivity contribution in [2.75, 3.05) is 18.7 Å². The third kappa shape index (κ3) is 3.72. The molecular formula is C20H16N2O5S. The molecule has 1 saturated heterocycles. The van der Waals surface area contributed by atoms with Crippen LogP contribution < -0.4 is 14.8 Å². The van der Waals surface area contributed by atoms with Crippen molar-refractivity contribution in [3.8, 4) is 11.5 Å². The van der Waals surface area contributed by atoms with Gasteiger partial charge in [-0.3, -0.25) is 19.3 Å². The highest BCUT2D eigenvalue weighted by Crippen LogP contribution is 2.36. The van der Waals surface area contributed by atoms with Crippen LogP contribution in [0, 0.1) is 6.92 Å². The molecule has 1 N–H and O–H groups in total. The first-order chi connectivity index (χ1) is 13.5. The van der Waals surface area contributed by atoms with E-state index in [2.05, 4.69) is 5.32 Å². The SMILES string of the molecule is Cc1ccc(NC(=O)CN2C(=O)S/C(=C/c3ccc4c(c3)OCO4)C2=O)cc1. The van der Waals surface area contributed by atoms with E-state index >= 15 is 0 Å². The molecule has 0 aliphatic carbocycles. The van der Waals surface area contributed by atoms with Gasteiger partial charge in [0.25, 0.3) is 11.1 Å². The number of nitrogens with one attached hydrogen (secondary N) is 1. The molecule has 8 heteroatoms. The Morgan fingerprint density at radius 3 is 2.68 bits per heavy atom. The van der Waals surface area contributed by atoms with E-state index in [0.717, 1.165) is 22.2 Å². The van der Waals surface area contributed by atoms with Gasteiger partial charge in [-0.1, -0.05) is 23.8 Å². The van der Waals surface area contributed by atoms with Crippen LogP contribution in [0.3, 0.4) is 0 Å². The number of amides is 3. The number of aryl methyl sites for hydroxylation is 1. The van der Waals surface area contributed by atoms with Gasteiger partial charge in [0.2, 0.25) is 12.7 Å². The monoisotopic (exact) mass is 396 g/mol. The summed E-state index contributed by atoms with van der Waals surface area (Å²) in [6.07, 6.45) is 1.60. The molecule has 2 aromatic rings. The zero-order valence-corrected chi connectivity index (χ0v) is 15.7. The molecule has 0 unspecified atom stereocenters. The van der Waals surface area contributed by atoms with Gasteiger partial charge in [0, 0.05) is 5.69 Å². The van der Waals surface area contributed by atoms with Crippen LogP contribution in [0.25, 0.3) is 6.08 Å². The van der Waals surface area contributed by atoms with Crippen LogP contribution in [0.1, 0.15) is 11.1 Å². The van der Waals surface area contributed by atoms with E-state index in [0.29, 0.717) is 22.7 Å². The number of thioether (sulfide) groups is 1. The number of carbonyl (C=O) groups is 3. The Balaban J connectivity index is 1.44. The smallest absolute Gasteiger partial charge is 0.294 e. The highest BCUT2D eigenvalue weighted by atomic mass is 32.2. The lowest BCUT2D eigenvalue weighted by atomic mass is 10.2. The first-order valence-electron chi connectivity index (χ1n) is 8.51. The fourth-order valence-electron chi connectivity index (χ4n) is 2.77. The van der Waals surface area contributed by atoms with Gasteiger partial charge in [-0.05, 0) is 54.6 Å². The summed E-state index contributed by atoms with van der Waals surface area (Å²) in [5, 5.41) is 2.21. The van der Waals surface area contributed by atoms with Crippen molar-refractivity contribution in [2.24, 2.45) is 0 Å². The number of ether oxygens (including phenoxy) is 2. The molecule has 0 saturated carbocycles. The van der Waals surface area contributed by atoms with Crippen LogP contribution in [0.4, 0.5) is 10.5 Å². The highest BCUT2D eigenvalue weighted by Gasteiger charge is 2.36. The van der Waals surface area contributed by atoms with E-state index in [1.807, 2.05) is 19.1 Å². The number of imide groups is 1. The highest BCUT2D eigenvalue weighted by molar-refractivity contribution is 8.18. The average molecular weight is 396 g/mol. The summed E-state index contributed by atoms with van der Waals surface area (Å²) >= 11 is 0.807. The lowest BCUT2D eigenvalue weighted by Crippen LogP contribution is -2.36. The first-order valence-corrected chi connectivity index (χ1v) is 9.33. The number of benzene rings is 2.